The molecular formula is C18H26N6O2. The molecule has 0 spiro atoms. The van der Waals surface area contributed by atoms with Gasteiger partial charge < -0.3 is 10.2 Å². The SMILES string of the molecule is CCN(CC)Cc1cnc2c(C(=O)NCC3CCC(=O)N3C)cnn2c1. The maximum atomic E-state index is 12.5. The van der Waals surface area contributed by atoms with Crippen LogP contribution in [0.4, 0.5) is 0 Å². The summed E-state index contributed by atoms with van der Waals surface area (Å²) in [6, 6.07) is 0.0573. The van der Waals surface area contributed by atoms with Gasteiger partial charge in [0.2, 0.25) is 5.91 Å². The van der Waals surface area contributed by atoms with Crippen molar-refractivity contribution in [2.45, 2.75) is 39.3 Å². The summed E-state index contributed by atoms with van der Waals surface area (Å²) in [5, 5.41) is 7.18. The molecule has 3 rings (SSSR count). The number of carbonyl (C=O) groups excluding carboxylic acids is 2. The summed E-state index contributed by atoms with van der Waals surface area (Å²) in [4.78, 5) is 32.5. The second kappa shape index (κ2) is 7.82. The molecule has 1 N–H and O–H groups in total. The molecule has 1 fully saturated rings. The second-order valence-electron chi connectivity index (χ2n) is 6.66. The molecule has 1 aliphatic rings. The van der Waals surface area contributed by atoms with Crippen LogP contribution in [0.25, 0.3) is 5.65 Å². The van der Waals surface area contributed by atoms with E-state index in [0.29, 0.717) is 24.2 Å². The van der Waals surface area contributed by atoms with Crippen molar-refractivity contribution in [2.75, 3.05) is 26.7 Å². The third-order valence-electron chi connectivity index (χ3n) is 5.09. The Morgan fingerprint density at radius 1 is 1.35 bits per heavy atom. The molecule has 140 valence electrons. The molecule has 2 aromatic rings. The zero-order chi connectivity index (χ0) is 18.7. The van der Waals surface area contributed by atoms with Crippen molar-refractivity contribution in [1.82, 2.24) is 29.7 Å². The Morgan fingerprint density at radius 2 is 2.12 bits per heavy atom. The number of likely N-dealkylation sites (tertiary alicyclic amines) is 1. The molecule has 8 heteroatoms. The van der Waals surface area contributed by atoms with Gasteiger partial charge in [-0.15, -0.1) is 0 Å². The van der Waals surface area contributed by atoms with Gasteiger partial charge in [-0.05, 0) is 19.5 Å². The Morgan fingerprint density at radius 3 is 2.77 bits per heavy atom. The predicted molar refractivity (Wildman–Crippen MR) is 97.7 cm³/mol. The molecule has 3 heterocycles. The monoisotopic (exact) mass is 358 g/mol. The zero-order valence-corrected chi connectivity index (χ0v) is 15.6. The molecule has 0 radical (unpaired) electrons. The fraction of sp³-hybridized carbons (Fsp3) is 0.556. The van der Waals surface area contributed by atoms with Gasteiger partial charge in [-0.3, -0.25) is 14.5 Å². The third kappa shape index (κ3) is 3.70. The van der Waals surface area contributed by atoms with Crippen LogP contribution >= 0.6 is 0 Å². The number of carbonyl (C=O) groups is 2. The Bertz CT molecular complexity index is 798. The molecule has 8 nitrogen and oxygen atoms in total. The first-order valence-electron chi connectivity index (χ1n) is 9.12. The summed E-state index contributed by atoms with van der Waals surface area (Å²) in [6.45, 7) is 7.44. The zero-order valence-electron chi connectivity index (χ0n) is 15.6. The minimum absolute atomic E-state index is 0.0573. The highest BCUT2D eigenvalue weighted by Crippen LogP contribution is 2.16. The van der Waals surface area contributed by atoms with Crippen LogP contribution in [0.1, 0.15) is 42.6 Å². The van der Waals surface area contributed by atoms with E-state index in [4.69, 9.17) is 0 Å². The van der Waals surface area contributed by atoms with E-state index in [9.17, 15) is 9.59 Å². The summed E-state index contributed by atoms with van der Waals surface area (Å²) in [7, 11) is 1.78. The van der Waals surface area contributed by atoms with Crippen molar-refractivity contribution < 1.29 is 9.59 Å². The number of hydrogen-bond acceptors (Lipinski definition) is 5. The highest BCUT2D eigenvalue weighted by atomic mass is 16.2. The van der Waals surface area contributed by atoms with Crippen LogP contribution in [-0.2, 0) is 11.3 Å². The number of nitrogens with zero attached hydrogens (tertiary/aromatic N) is 5. The Hall–Kier alpha value is -2.48. The van der Waals surface area contributed by atoms with Gasteiger partial charge in [-0.1, -0.05) is 13.8 Å². The van der Waals surface area contributed by atoms with E-state index in [1.165, 1.54) is 0 Å². The Labute approximate surface area is 153 Å². The van der Waals surface area contributed by atoms with E-state index >= 15 is 0 Å². The standard InChI is InChI=1S/C18H26N6O2/c1-4-23(5-2)11-13-8-19-17-15(10-21-24(17)12-13)18(26)20-9-14-6-7-16(25)22(14)3/h8,10,12,14H,4-7,9,11H2,1-3H3,(H,20,26). The minimum atomic E-state index is -0.211. The quantitative estimate of drug-likeness (QED) is 0.796. The van der Waals surface area contributed by atoms with E-state index in [1.807, 2.05) is 6.20 Å². The minimum Gasteiger partial charge on any atom is -0.350 e. The highest BCUT2D eigenvalue weighted by Gasteiger charge is 2.28. The number of likely N-dealkylation sites (N-methyl/N-ethyl adjacent to an activating group) is 1. The largest absolute Gasteiger partial charge is 0.350 e. The maximum Gasteiger partial charge on any atom is 0.256 e. The van der Waals surface area contributed by atoms with Crippen LogP contribution in [0.2, 0.25) is 0 Å². The molecule has 0 aliphatic carbocycles. The number of rotatable bonds is 7. The van der Waals surface area contributed by atoms with Crippen molar-refractivity contribution in [2.24, 2.45) is 0 Å². The summed E-state index contributed by atoms with van der Waals surface area (Å²) < 4.78 is 1.65. The first-order valence-corrected chi connectivity index (χ1v) is 9.12. The fourth-order valence-corrected chi connectivity index (χ4v) is 3.27. The first kappa shape index (κ1) is 18.3. The number of hydrogen-bond donors (Lipinski definition) is 1. The van der Waals surface area contributed by atoms with Crippen LogP contribution in [0.3, 0.4) is 0 Å². The average Bonchev–Trinajstić information content (AvgIpc) is 3.21. The number of aromatic nitrogens is 3. The van der Waals surface area contributed by atoms with Gasteiger partial charge in [0.05, 0.1) is 6.20 Å². The molecule has 2 aromatic heterocycles. The van der Waals surface area contributed by atoms with Crippen LogP contribution < -0.4 is 5.32 Å². The predicted octanol–water partition coefficient (Wildman–Crippen LogP) is 0.922. The van der Waals surface area contributed by atoms with Crippen molar-refractivity contribution in [3.63, 3.8) is 0 Å². The van der Waals surface area contributed by atoms with Gasteiger partial charge in [0, 0.05) is 50.6 Å². The first-order chi connectivity index (χ1) is 12.5. The molecule has 1 atom stereocenters. The van der Waals surface area contributed by atoms with Gasteiger partial charge in [-0.2, -0.15) is 5.10 Å². The van der Waals surface area contributed by atoms with Crippen molar-refractivity contribution in [1.29, 1.82) is 0 Å². The van der Waals surface area contributed by atoms with E-state index < -0.39 is 0 Å². The average molecular weight is 358 g/mol. The summed E-state index contributed by atoms with van der Waals surface area (Å²) in [5.74, 6) is -0.0839. The lowest BCUT2D eigenvalue weighted by molar-refractivity contribution is -0.127. The molecule has 1 unspecified atom stereocenters. The van der Waals surface area contributed by atoms with Crippen LogP contribution in [0, 0.1) is 0 Å². The summed E-state index contributed by atoms with van der Waals surface area (Å²) in [6.07, 6.45) is 6.58. The topological polar surface area (TPSA) is 82.8 Å². The molecular weight excluding hydrogens is 332 g/mol. The maximum absolute atomic E-state index is 12.5. The van der Waals surface area contributed by atoms with Gasteiger partial charge in [0.15, 0.2) is 5.65 Å². The molecule has 2 amide bonds. The summed E-state index contributed by atoms with van der Waals surface area (Å²) in [5.41, 5.74) is 2.05. The van der Waals surface area contributed by atoms with Gasteiger partial charge in [0.1, 0.15) is 5.56 Å². The normalized spacial score (nSPS) is 17.5. The Kier molecular flexibility index (Phi) is 5.51. The fourth-order valence-electron chi connectivity index (χ4n) is 3.27. The third-order valence-corrected chi connectivity index (χ3v) is 5.09. The van der Waals surface area contributed by atoms with Crippen LogP contribution in [0.5, 0.6) is 0 Å². The van der Waals surface area contributed by atoms with E-state index in [-0.39, 0.29) is 17.9 Å². The molecule has 0 aromatic carbocycles. The molecule has 1 saturated heterocycles. The second-order valence-corrected chi connectivity index (χ2v) is 6.66. The van der Waals surface area contributed by atoms with Gasteiger partial charge in [-0.25, -0.2) is 9.50 Å². The van der Waals surface area contributed by atoms with Crippen molar-refractivity contribution in [3.8, 4) is 0 Å². The van der Waals surface area contributed by atoms with Crippen LogP contribution in [-0.4, -0.2) is 68.9 Å². The highest BCUT2D eigenvalue weighted by molar-refractivity contribution is 5.99. The lowest BCUT2D eigenvalue weighted by Crippen LogP contribution is -2.39. The molecule has 0 bridgehead atoms. The molecule has 0 saturated carbocycles. The van der Waals surface area contributed by atoms with Crippen molar-refractivity contribution >= 4 is 17.5 Å². The molecule has 26 heavy (non-hydrogen) atoms. The van der Waals surface area contributed by atoms with E-state index in [1.54, 1.807) is 28.9 Å². The number of amides is 2. The van der Waals surface area contributed by atoms with Crippen LogP contribution in [0.15, 0.2) is 18.6 Å². The van der Waals surface area contributed by atoms with E-state index in [0.717, 1.165) is 31.6 Å². The molecule has 1 aliphatic heterocycles. The number of fused-ring (bicyclic) bond motifs is 1. The van der Waals surface area contributed by atoms with Crippen molar-refractivity contribution in [3.05, 3.63) is 29.7 Å². The van der Waals surface area contributed by atoms with Gasteiger partial charge in [0.25, 0.3) is 5.91 Å². The lowest BCUT2D eigenvalue weighted by atomic mass is 10.2. The van der Waals surface area contributed by atoms with Gasteiger partial charge >= 0.3 is 0 Å². The number of nitrogens with one attached hydrogen (secondary N) is 1. The lowest BCUT2D eigenvalue weighted by Gasteiger charge is -2.19. The Balaban J connectivity index is 1.68. The van der Waals surface area contributed by atoms with E-state index in [2.05, 4.69) is 34.1 Å². The summed E-state index contributed by atoms with van der Waals surface area (Å²) >= 11 is 0. The smallest absolute Gasteiger partial charge is 0.256 e.